The lowest BCUT2D eigenvalue weighted by Gasteiger charge is -2.23. The molecule has 2 aromatic rings. The third kappa shape index (κ3) is 4.87. The van der Waals surface area contributed by atoms with Crippen LogP contribution in [0.25, 0.3) is 11.1 Å². The highest BCUT2D eigenvalue weighted by Crippen LogP contribution is 2.44. The Bertz CT molecular complexity index is 929. The van der Waals surface area contributed by atoms with Gasteiger partial charge in [0, 0.05) is 5.92 Å². The first-order chi connectivity index (χ1) is 14.8. The van der Waals surface area contributed by atoms with E-state index in [1.54, 1.807) is 0 Å². The first-order valence-corrected chi connectivity index (χ1v) is 10.5. The van der Waals surface area contributed by atoms with Crippen molar-refractivity contribution in [2.75, 3.05) is 6.61 Å². The monoisotopic (exact) mass is 423 g/mol. The van der Waals surface area contributed by atoms with E-state index in [4.69, 9.17) is 10.5 Å². The fourth-order valence-electron chi connectivity index (χ4n) is 3.89. The maximum Gasteiger partial charge on any atom is 0.407 e. The molecule has 3 amide bonds. The first kappa shape index (κ1) is 22.3. The summed E-state index contributed by atoms with van der Waals surface area (Å²) in [5, 5.41) is 5.14. The van der Waals surface area contributed by atoms with Crippen molar-refractivity contribution in [1.29, 1.82) is 0 Å². The number of benzene rings is 2. The second-order valence-corrected chi connectivity index (χ2v) is 7.97. The Morgan fingerprint density at radius 1 is 0.968 bits per heavy atom. The minimum atomic E-state index is -0.874. The van der Waals surface area contributed by atoms with Gasteiger partial charge in [0.05, 0.1) is 0 Å². The van der Waals surface area contributed by atoms with E-state index in [-0.39, 0.29) is 18.4 Å². The Morgan fingerprint density at radius 3 is 2.03 bits per heavy atom. The molecule has 3 atom stereocenters. The molecule has 164 valence electrons. The number of hydrogen-bond donors (Lipinski definition) is 3. The summed E-state index contributed by atoms with van der Waals surface area (Å²) in [5.74, 6) is -1.26. The number of ether oxygens (including phenoxy) is 1. The second-order valence-electron chi connectivity index (χ2n) is 7.97. The van der Waals surface area contributed by atoms with Crippen LogP contribution < -0.4 is 16.4 Å². The molecule has 0 saturated carbocycles. The Morgan fingerprint density at radius 2 is 1.52 bits per heavy atom. The number of rotatable bonds is 8. The normalized spacial score (nSPS) is 15.2. The number of hydrogen-bond acceptors (Lipinski definition) is 4. The summed E-state index contributed by atoms with van der Waals surface area (Å²) in [6, 6.07) is 14.5. The highest BCUT2D eigenvalue weighted by molar-refractivity contribution is 5.90. The van der Waals surface area contributed by atoms with Gasteiger partial charge in [0.25, 0.3) is 0 Å². The predicted octanol–water partition coefficient (Wildman–Crippen LogP) is 2.93. The van der Waals surface area contributed by atoms with Crippen molar-refractivity contribution in [3.63, 3.8) is 0 Å². The lowest BCUT2D eigenvalue weighted by Crippen LogP contribution is -2.54. The Labute approximate surface area is 182 Å². The number of primary amides is 1. The van der Waals surface area contributed by atoms with Gasteiger partial charge in [0.15, 0.2) is 0 Å². The van der Waals surface area contributed by atoms with Crippen LogP contribution in [0, 0.1) is 5.92 Å². The van der Waals surface area contributed by atoms with Crippen LogP contribution in [0.1, 0.15) is 44.2 Å². The zero-order chi connectivity index (χ0) is 22.5. The summed E-state index contributed by atoms with van der Waals surface area (Å²) >= 11 is 0. The summed E-state index contributed by atoms with van der Waals surface area (Å²) in [6.45, 7) is 5.43. The zero-order valence-corrected chi connectivity index (χ0v) is 18.1. The van der Waals surface area contributed by atoms with Crippen molar-refractivity contribution in [3.05, 3.63) is 59.7 Å². The van der Waals surface area contributed by atoms with Gasteiger partial charge in [0.1, 0.15) is 18.7 Å². The molecule has 31 heavy (non-hydrogen) atoms. The highest BCUT2D eigenvalue weighted by Gasteiger charge is 2.30. The Kier molecular flexibility index (Phi) is 6.95. The molecule has 0 heterocycles. The van der Waals surface area contributed by atoms with Crippen molar-refractivity contribution < 1.29 is 19.1 Å². The maximum absolute atomic E-state index is 12.4. The fourth-order valence-corrected chi connectivity index (χ4v) is 3.89. The van der Waals surface area contributed by atoms with E-state index in [2.05, 4.69) is 22.8 Å². The van der Waals surface area contributed by atoms with Gasteiger partial charge in [0.2, 0.25) is 11.8 Å². The van der Waals surface area contributed by atoms with Gasteiger partial charge >= 0.3 is 6.09 Å². The molecule has 0 fully saturated rings. The summed E-state index contributed by atoms with van der Waals surface area (Å²) < 4.78 is 5.46. The molecule has 1 aliphatic carbocycles. The fraction of sp³-hybridized carbons (Fsp3) is 0.375. The standard InChI is InChI=1S/C24H29N3O4/c1-4-14(2)21(22(25)28)27-23(29)15(3)26-24(30)31-13-20-18-11-7-5-9-16(18)17-10-6-8-12-19(17)20/h5-12,14-15,20-21H,4,13H2,1-3H3,(H2,25,28)(H,26,30)(H,27,29)/t14-,15-,21-/m0/s1. The third-order valence-electron chi connectivity index (χ3n) is 5.89. The molecule has 4 N–H and O–H groups in total. The lowest BCUT2D eigenvalue weighted by molar-refractivity contribution is -0.129. The number of nitrogens with one attached hydrogen (secondary N) is 2. The van der Waals surface area contributed by atoms with Gasteiger partial charge in [-0.1, -0.05) is 68.8 Å². The van der Waals surface area contributed by atoms with E-state index in [1.807, 2.05) is 50.2 Å². The van der Waals surface area contributed by atoms with E-state index >= 15 is 0 Å². The minimum Gasteiger partial charge on any atom is -0.449 e. The third-order valence-corrected chi connectivity index (χ3v) is 5.89. The average Bonchev–Trinajstić information content (AvgIpc) is 3.08. The molecule has 0 unspecified atom stereocenters. The van der Waals surface area contributed by atoms with E-state index in [0.29, 0.717) is 6.42 Å². The molecule has 3 rings (SSSR count). The smallest absolute Gasteiger partial charge is 0.407 e. The molecular weight excluding hydrogens is 394 g/mol. The quantitative estimate of drug-likeness (QED) is 0.606. The summed E-state index contributed by atoms with van der Waals surface area (Å²) in [7, 11) is 0. The van der Waals surface area contributed by atoms with E-state index in [0.717, 1.165) is 22.3 Å². The minimum absolute atomic E-state index is 0.0630. The van der Waals surface area contributed by atoms with Crippen LogP contribution in [0.4, 0.5) is 4.79 Å². The van der Waals surface area contributed by atoms with Crippen molar-refractivity contribution in [3.8, 4) is 11.1 Å². The van der Waals surface area contributed by atoms with Crippen LogP contribution in [0.2, 0.25) is 0 Å². The summed E-state index contributed by atoms with van der Waals surface area (Å²) in [6.07, 6.45) is -0.00843. The van der Waals surface area contributed by atoms with Crippen LogP contribution in [0.15, 0.2) is 48.5 Å². The molecule has 2 aromatic carbocycles. The number of carbonyl (C=O) groups is 3. The van der Waals surface area contributed by atoms with Gasteiger partial charge in [-0.15, -0.1) is 0 Å². The lowest BCUT2D eigenvalue weighted by atomic mass is 9.98. The number of alkyl carbamates (subject to hydrolysis) is 1. The van der Waals surface area contributed by atoms with E-state index in [1.165, 1.54) is 6.92 Å². The van der Waals surface area contributed by atoms with Crippen molar-refractivity contribution in [2.24, 2.45) is 11.7 Å². The number of carbonyl (C=O) groups excluding carboxylic acids is 3. The van der Waals surface area contributed by atoms with Crippen molar-refractivity contribution in [1.82, 2.24) is 10.6 Å². The van der Waals surface area contributed by atoms with Crippen LogP contribution in [-0.2, 0) is 14.3 Å². The molecule has 0 spiro atoms. The SMILES string of the molecule is CC[C@H](C)[C@H](NC(=O)[C@H](C)NC(=O)OCC1c2ccccc2-c2ccccc21)C(N)=O. The van der Waals surface area contributed by atoms with Crippen molar-refractivity contribution >= 4 is 17.9 Å². The van der Waals surface area contributed by atoms with Crippen LogP contribution in [-0.4, -0.2) is 36.6 Å². The number of nitrogens with two attached hydrogens (primary N) is 1. The van der Waals surface area contributed by atoms with Crippen molar-refractivity contribution in [2.45, 2.75) is 45.2 Å². The molecule has 0 saturated heterocycles. The topological polar surface area (TPSA) is 111 Å². The van der Waals surface area contributed by atoms with Gasteiger partial charge in [-0.25, -0.2) is 4.79 Å². The molecule has 0 bridgehead atoms. The summed E-state index contributed by atoms with van der Waals surface area (Å²) in [5.41, 5.74) is 9.90. The number of fused-ring (bicyclic) bond motifs is 3. The maximum atomic E-state index is 12.4. The molecule has 1 aliphatic rings. The van der Waals surface area contributed by atoms with Crippen LogP contribution in [0.3, 0.4) is 0 Å². The predicted molar refractivity (Wildman–Crippen MR) is 118 cm³/mol. The van der Waals surface area contributed by atoms with E-state index in [9.17, 15) is 14.4 Å². The van der Waals surface area contributed by atoms with E-state index < -0.39 is 30.0 Å². The summed E-state index contributed by atoms with van der Waals surface area (Å²) in [4.78, 5) is 36.4. The van der Waals surface area contributed by atoms with Crippen LogP contribution in [0.5, 0.6) is 0 Å². The molecule has 0 radical (unpaired) electrons. The molecule has 7 nitrogen and oxygen atoms in total. The molecule has 0 aromatic heterocycles. The molecule has 0 aliphatic heterocycles. The van der Waals surface area contributed by atoms with Gasteiger partial charge in [-0.05, 0) is 35.1 Å². The zero-order valence-electron chi connectivity index (χ0n) is 18.1. The van der Waals surface area contributed by atoms with Gasteiger partial charge in [-0.3, -0.25) is 9.59 Å². The highest BCUT2D eigenvalue weighted by atomic mass is 16.5. The van der Waals surface area contributed by atoms with Gasteiger partial charge < -0.3 is 21.1 Å². The Hall–Kier alpha value is -3.35. The molecular formula is C24H29N3O4. The second kappa shape index (κ2) is 9.64. The average molecular weight is 424 g/mol. The van der Waals surface area contributed by atoms with Gasteiger partial charge in [-0.2, -0.15) is 0 Å². The molecule has 7 heteroatoms. The Balaban J connectivity index is 1.59. The van der Waals surface area contributed by atoms with Crippen LogP contribution >= 0.6 is 0 Å². The largest absolute Gasteiger partial charge is 0.449 e. The first-order valence-electron chi connectivity index (χ1n) is 10.5. The number of amides is 3.